The lowest BCUT2D eigenvalue weighted by Gasteiger charge is -2.39. The second kappa shape index (κ2) is 5.67. The Hall–Kier alpha value is -1.82. The summed E-state index contributed by atoms with van der Waals surface area (Å²) in [5.74, 6) is 0. The maximum absolute atomic E-state index is 11.6. The molecule has 5 nitrogen and oxygen atoms in total. The molecule has 1 aromatic heterocycles. The third kappa shape index (κ3) is 2.27. The fourth-order valence-corrected chi connectivity index (χ4v) is 4.49. The van der Waals surface area contributed by atoms with Crippen LogP contribution >= 0.6 is 15.9 Å². The highest BCUT2D eigenvalue weighted by atomic mass is 79.9. The van der Waals surface area contributed by atoms with Crippen LogP contribution in [0.15, 0.2) is 22.7 Å². The summed E-state index contributed by atoms with van der Waals surface area (Å²) in [5.41, 5.74) is 3.46. The summed E-state index contributed by atoms with van der Waals surface area (Å²) >= 11 is 3.54. The standard InChI is InChI=1S/C17H18BrN3O2/c18-11-3-4-14-13(8-11)12-5-7-21(10-23)17(16(12)19-14)15-2-1-6-20(15)9-22/h3-4,8-10,15,17,19H,1-2,5-7H2/t15-,17+/m0/s1. The third-order valence-corrected chi connectivity index (χ3v) is 5.64. The van der Waals surface area contributed by atoms with Crippen molar-refractivity contribution in [2.45, 2.75) is 31.3 Å². The van der Waals surface area contributed by atoms with Gasteiger partial charge in [0.15, 0.2) is 0 Å². The number of amides is 2. The molecule has 1 aromatic carbocycles. The van der Waals surface area contributed by atoms with Gasteiger partial charge in [-0.3, -0.25) is 9.59 Å². The van der Waals surface area contributed by atoms with Gasteiger partial charge in [0.2, 0.25) is 12.8 Å². The minimum absolute atomic E-state index is 0.0632. The number of nitrogens with one attached hydrogen (secondary N) is 1. The summed E-state index contributed by atoms with van der Waals surface area (Å²) in [7, 11) is 0. The molecule has 4 rings (SSSR count). The van der Waals surface area contributed by atoms with Crippen LogP contribution < -0.4 is 0 Å². The first-order valence-electron chi connectivity index (χ1n) is 7.95. The molecule has 6 heteroatoms. The van der Waals surface area contributed by atoms with Crippen molar-refractivity contribution in [1.29, 1.82) is 0 Å². The maximum Gasteiger partial charge on any atom is 0.210 e. The summed E-state index contributed by atoms with van der Waals surface area (Å²) in [6.07, 6.45) is 4.62. The number of aromatic amines is 1. The van der Waals surface area contributed by atoms with E-state index in [1.165, 1.54) is 10.9 Å². The molecule has 0 aliphatic carbocycles. The van der Waals surface area contributed by atoms with E-state index in [1.54, 1.807) is 0 Å². The van der Waals surface area contributed by atoms with Gasteiger partial charge in [0, 0.05) is 34.2 Å². The summed E-state index contributed by atoms with van der Waals surface area (Å²) in [4.78, 5) is 30.2. The Kier molecular flexibility index (Phi) is 3.64. The van der Waals surface area contributed by atoms with Crippen LogP contribution in [0.1, 0.15) is 30.1 Å². The minimum Gasteiger partial charge on any atom is -0.356 e. The number of carbonyl (C=O) groups is 2. The molecule has 0 unspecified atom stereocenters. The second-order valence-corrected chi connectivity index (χ2v) is 7.21. The van der Waals surface area contributed by atoms with E-state index < -0.39 is 0 Å². The normalized spacial score (nSPS) is 24.0. The van der Waals surface area contributed by atoms with Gasteiger partial charge in [0.25, 0.3) is 0 Å². The molecule has 3 heterocycles. The molecule has 120 valence electrons. The van der Waals surface area contributed by atoms with Crippen molar-refractivity contribution in [3.63, 3.8) is 0 Å². The summed E-state index contributed by atoms with van der Waals surface area (Å²) in [6, 6.07) is 6.20. The number of halogens is 1. The Balaban J connectivity index is 1.86. The fourth-order valence-electron chi connectivity index (χ4n) is 4.12. The predicted octanol–water partition coefficient (Wildman–Crippen LogP) is 2.61. The molecule has 1 N–H and O–H groups in total. The molecule has 0 saturated carbocycles. The third-order valence-electron chi connectivity index (χ3n) is 5.15. The maximum atomic E-state index is 11.6. The number of aromatic nitrogens is 1. The van der Waals surface area contributed by atoms with Crippen LogP contribution in [-0.4, -0.2) is 46.7 Å². The van der Waals surface area contributed by atoms with Gasteiger partial charge in [0.05, 0.1) is 12.1 Å². The van der Waals surface area contributed by atoms with E-state index in [-0.39, 0.29) is 12.1 Å². The van der Waals surface area contributed by atoms with Gasteiger partial charge in [0.1, 0.15) is 0 Å². The van der Waals surface area contributed by atoms with Gasteiger partial charge in [-0.15, -0.1) is 0 Å². The number of fused-ring (bicyclic) bond motifs is 3. The lowest BCUT2D eigenvalue weighted by molar-refractivity contribution is -0.126. The molecular weight excluding hydrogens is 358 g/mol. The van der Waals surface area contributed by atoms with Gasteiger partial charge in [-0.05, 0) is 43.0 Å². The van der Waals surface area contributed by atoms with E-state index in [9.17, 15) is 9.59 Å². The van der Waals surface area contributed by atoms with Crippen molar-refractivity contribution < 1.29 is 9.59 Å². The van der Waals surface area contributed by atoms with E-state index in [2.05, 4.69) is 33.0 Å². The number of carbonyl (C=O) groups excluding carboxylic acids is 2. The van der Waals surface area contributed by atoms with Crippen molar-refractivity contribution in [1.82, 2.24) is 14.8 Å². The molecule has 0 bridgehead atoms. The van der Waals surface area contributed by atoms with Crippen LogP contribution in [0.2, 0.25) is 0 Å². The van der Waals surface area contributed by atoms with Crippen molar-refractivity contribution in [2.24, 2.45) is 0 Å². The van der Waals surface area contributed by atoms with Crippen LogP contribution in [0.5, 0.6) is 0 Å². The minimum atomic E-state index is -0.0740. The molecule has 2 atom stereocenters. The highest BCUT2D eigenvalue weighted by molar-refractivity contribution is 9.10. The molecule has 1 fully saturated rings. The van der Waals surface area contributed by atoms with Gasteiger partial charge >= 0.3 is 0 Å². The first-order chi connectivity index (χ1) is 11.2. The monoisotopic (exact) mass is 375 g/mol. The number of rotatable bonds is 3. The number of benzene rings is 1. The summed E-state index contributed by atoms with van der Waals surface area (Å²) in [6.45, 7) is 1.47. The zero-order chi connectivity index (χ0) is 16.0. The molecular formula is C17H18BrN3O2. The van der Waals surface area contributed by atoms with Crippen LogP contribution in [0, 0.1) is 0 Å². The molecule has 23 heavy (non-hydrogen) atoms. The van der Waals surface area contributed by atoms with Crippen LogP contribution in [0.25, 0.3) is 10.9 Å². The second-order valence-electron chi connectivity index (χ2n) is 6.30. The van der Waals surface area contributed by atoms with E-state index in [0.717, 1.165) is 54.3 Å². The van der Waals surface area contributed by atoms with Gasteiger partial charge in [-0.25, -0.2) is 0 Å². The lowest BCUT2D eigenvalue weighted by atomic mass is 9.92. The van der Waals surface area contributed by atoms with Crippen LogP contribution in [0.3, 0.4) is 0 Å². The topological polar surface area (TPSA) is 56.4 Å². The smallest absolute Gasteiger partial charge is 0.210 e. The first kappa shape index (κ1) is 14.8. The molecule has 2 amide bonds. The number of H-pyrrole nitrogens is 1. The Morgan fingerprint density at radius 2 is 2.00 bits per heavy atom. The largest absolute Gasteiger partial charge is 0.356 e. The van der Waals surface area contributed by atoms with Gasteiger partial charge in [-0.1, -0.05) is 15.9 Å². The lowest BCUT2D eigenvalue weighted by Crippen LogP contribution is -2.45. The van der Waals surface area contributed by atoms with Gasteiger partial charge in [-0.2, -0.15) is 0 Å². The van der Waals surface area contributed by atoms with Crippen molar-refractivity contribution in [3.05, 3.63) is 33.9 Å². The molecule has 1 saturated heterocycles. The zero-order valence-corrected chi connectivity index (χ0v) is 14.3. The number of nitrogens with zero attached hydrogens (tertiary/aromatic N) is 2. The Labute approximate surface area is 142 Å². The average Bonchev–Trinajstić information content (AvgIpc) is 3.17. The van der Waals surface area contributed by atoms with Gasteiger partial charge < -0.3 is 14.8 Å². The fraction of sp³-hybridized carbons (Fsp3) is 0.412. The van der Waals surface area contributed by atoms with Crippen LogP contribution in [-0.2, 0) is 16.0 Å². The SMILES string of the molecule is O=CN1CCC[C@H]1[C@@H]1c2[nH]c3ccc(Br)cc3c2CCN1C=O. The molecule has 0 radical (unpaired) electrons. The molecule has 2 aromatic rings. The Morgan fingerprint density at radius 3 is 2.78 bits per heavy atom. The van der Waals surface area contributed by atoms with Crippen molar-refractivity contribution >= 4 is 39.7 Å². The zero-order valence-electron chi connectivity index (χ0n) is 12.7. The number of likely N-dealkylation sites (tertiary alicyclic amines) is 1. The Morgan fingerprint density at radius 1 is 1.17 bits per heavy atom. The predicted molar refractivity (Wildman–Crippen MR) is 91.0 cm³/mol. The van der Waals surface area contributed by atoms with Crippen LogP contribution in [0.4, 0.5) is 0 Å². The summed E-state index contributed by atoms with van der Waals surface area (Å²) in [5, 5.41) is 1.21. The number of hydrogen-bond donors (Lipinski definition) is 1. The quantitative estimate of drug-likeness (QED) is 0.838. The van der Waals surface area contributed by atoms with E-state index in [0.29, 0.717) is 6.54 Å². The van der Waals surface area contributed by atoms with E-state index >= 15 is 0 Å². The van der Waals surface area contributed by atoms with E-state index in [1.807, 2.05) is 15.9 Å². The molecule has 2 aliphatic heterocycles. The number of hydrogen-bond acceptors (Lipinski definition) is 2. The Bertz CT molecular complexity index is 773. The molecule has 0 spiro atoms. The van der Waals surface area contributed by atoms with Crippen molar-refractivity contribution in [2.75, 3.05) is 13.1 Å². The summed E-state index contributed by atoms with van der Waals surface area (Å²) < 4.78 is 1.05. The average molecular weight is 376 g/mol. The highest BCUT2D eigenvalue weighted by Crippen LogP contribution is 2.40. The first-order valence-corrected chi connectivity index (χ1v) is 8.74. The highest BCUT2D eigenvalue weighted by Gasteiger charge is 2.40. The molecule has 2 aliphatic rings. The van der Waals surface area contributed by atoms with E-state index in [4.69, 9.17) is 0 Å². The van der Waals surface area contributed by atoms with Crippen molar-refractivity contribution in [3.8, 4) is 0 Å².